The molecule has 2 rings (SSSR count). The van der Waals surface area contributed by atoms with E-state index in [9.17, 15) is 4.79 Å². The van der Waals surface area contributed by atoms with E-state index in [0.717, 1.165) is 11.3 Å². The number of aryl methyl sites for hydroxylation is 1. The number of hydrogen-bond acceptors (Lipinski definition) is 2. The van der Waals surface area contributed by atoms with E-state index in [2.05, 4.69) is 6.07 Å². The normalized spacial score (nSPS) is 16.8. The molecule has 0 aliphatic carbocycles. The highest BCUT2D eigenvalue weighted by Gasteiger charge is 2.22. The number of carbonyl (C=O) groups is 1. The van der Waals surface area contributed by atoms with Crippen molar-refractivity contribution < 1.29 is 9.53 Å². The Labute approximate surface area is 106 Å². The Kier molecular flexibility index (Phi) is 3.57. The lowest BCUT2D eigenvalue weighted by Gasteiger charge is -2.21. The predicted molar refractivity (Wildman–Crippen MR) is 67.4 cm³/mol. The number of carbonyl (C=O) groups excluding carboxylic acids is 1. The number of ether oxygens (including phenoxy) is 1. The summed E-state index contributed by atoms with van der Waals surface area (Å²) < 4.78 is 5.63. The van der Waals surface area contributed by atoms with Gasteiger partial charge in [0.15, 0.2) is 0 Å². The van der Waals surface area contributed by atoms with E-state index in [-0.39, 0.29) is 5.91 Å². The minimum Gasteiger partial charge on any atom is -0.491 e. The quantitative estimate of drug-likeness (QED) is 0.719. The molecule has 0 N–H and O–H groups in total. The van der Waals surface area contributed by atoms with Crippen molar-refractivity contribution in [3.05, 3.63) is 29.3 Å². The molecule has 17 heavy (non-hydrogen) atoms. The first-order chi connectivity index (χ1) is 8.08. The second-order valence-corrected chi connectivity index (χ2v) is 4.99. The Balaban J connectivity index is 2.24. The van der Waals surface area contributed by atoms with Crippen LogP contribution in [0, 0.1) is 6.92 Å². The van der Waals surface area contributed by atoms with Gasteiger partial charge in [0.2, 0.25) is 5.91 Å². The number of hydrogen-bond donors (Lipinski definition) is 0. The Morgan fingerprint density at radius 3 is 3.00 bits per heavy atom. The average Bonchev–Trinajstić information content (AvgIpc) is 2.49. The van der Waals surface area contributed by atoms with Crippen LogP contribution in [0.25, 0.3) is 0 Å². The molecule has 0 saturated heterocycles. The molecule has 4 heteroatoms. The van der Waals surface area contributed by atoms with E-state index in [1.807, 2.05) is 19.1 Å². The molecule has 1 heterocycles. The second-order valence-electron chi connectivity index (χ2n) is 4.34. The zero-order valence-corrected chi connectivity index (χ0v) is 10.8. The van der Waals surface area contributed by atoms with Gasteiger partial charge in [-0.05, 0) is 19.9 Å². The predicted octanol–water partition coefficient (Wildman–Crippen LogP) is 2.34. The summed E-state index contributed by atoms with van der Waals surface area (Å²) in [4.78, 5) is 13.6. The molecule has 1 aliphatic rings. The molecule has 1 aromatic carbocycles. The van der Waals surface area contributed by atoms with Crippen molar-refractivity contribution in [3.8, 4) is 5.75 Å². The van der Waals surface area contributed by atoms with Gasteiger partial charge in [0.1, 0.15) is 17.7 Å². The smallest absolute Gasteiger partial charge is 0.240 e. The molecule has 0 bridgehead atoms. The van der Waals surface area contributed by atoms with Crippen LogP contribution in [0.5, 0.6) is 5.75 Å². The van der Waals surface area contributed by atoms with E-state index < -0.39 is 5.38 Å². The topological polar surface area (TPSA) is 29.5 Å². The van der Waals surface area contributed by atoms with Crippen molar-refractivity contribution in [2.75, 3.05) is 13.2 Å². The SMILES string of the molecule is Cc1ccc2c(c1)CN(C(=O)[C@H](C)Cl)CCO2. The van der Waals surface area contributed by atoms with Crippen molar-refractivity contribution >= 4 is 17.5 Å². The third-order valence-corrected chi connectivity index (χ3v) is 3.03. The molecule has 1 aliphatic heterocycles. The summed E-state index contributed by atoms with van der Waals surface area (Å²) in [6.07, 6.45) is 0. The first-order valence-corrected chi connectivity index (χ1v) is 6.17. The van der Waals surface area contributed by atoms with Crippen molar-refractivity contribution in [2.24, 2.45) is 0 Å². The molecule has 0 radical (unpaired) electrons. The zero-order valence-electron chi connectivity index (χ0n) is 10.1. The third-order valence-electron chi connectivity index (χ3n) is 2.85. The Morgan fingerprint density at radius 2 is 2.29 bits per heavy atom. The molecular formula is C13H16ClNO2. The van der Waals surface area contributed by atoms with Crippen LogP contribution in [0.3, 0.4) is 0 Å². The van der Waals surface area contributed by atoms with E-state index in [1.54, 1.807) is 11.8 Å². The highest BCUT2D eigenvalue weighted by molar-refractivity contribution is 6.30. The average molecular weight is 254 g/mol. The fourth-order valence-corrected chi connectivity index (χ4v) is 2.10. The molecule has 0 fully saturated rings. The molecular weight excluding hydrogens is 238 g/mol. The number of halogens is 1. The number of amides is 1. The van der Waals surface area contributed by atoms with Crippen LogP contribution in [0.1, 0.15) is 18.1 Å². The lowest BCUT2D eigenvalue weighted by molar-refractivity contribution is -0.131. The van der Waals surface area contributed by atoms with E-state index >= 15 is 0 Å². The first-order valence-electron chi connectivity index (χ1n) is 5.73. The minimum absolute atomic E-state index is 0.0374. The van der Waals surface area contributed by atoms with Crippen molar-refractivity contribution in [3.63, 3.8) is 0 Å². The van der Waals surface area contributed by atoms with Crippen LogP contribution < -0.4 is 4.74 Å². The maximum absolute atomic E-state index is 11.9. The Hall–Kier alpha value is -1.22. The Bertz CT molecular complexity index is 431. The Morgan fingerprint density at radius 1 is 1.53 bits per heavy atom. The zero-order chi connectivity index (χ0) is 12.4. The lowest BCUT2D eigenvalue weighted by atomic mass is 10.1. The first kappa shape index (κ1) is 12.2. The molecule has 3 nitrogen and oxygen atoms in total. The van der Waals surface area contributed by atoms with Gasteiger partial charge in [-0.2, -0.15) is 0 Å². The molecule has 1 atom stereocenters. The number of fused-ring (bicyclic) bond motifs is 1. The molecule has 0 unspecified atom stereocenters. The maximum atomic E-state index is 11.9. The summed E-state index contributed by atoms with van der Waals surface area (Å²) in [5.41, 5.74) is 2.22. The number of alkyl halides is 1. The molecule has 1 aromatic rings. The van der Waals surface area contributed by atoms with Gasteiger partial charge in [-0.15, -0.1) is 11.6 Å². The number of rotatable bonds is 1. The van der Waals surface area contributed by atoms with Crippen LogP contribution in [-0.4, -0.2) is 29.3 Å². The van der Waals surface area contributed by atoms with Crippen molar-refractivity contribution in [1.82, 2.24) is 4.90 Å². The summed E-state index contributed by atoms with van der Waals surface area (Å²) in [6.45, 7) is 5.41. The van der Waals surface area contributed by atoms with Gasteiger partial charge < -0.3 is 9.64 Å². The summed E-state index contributed by atoms with van der Waals surface area (Å²) >= 11 is 5.84. The van der Waals surface area contributed by atoms with Crippen molar-refractivity contribution in [2.45, 2.75) is 25.8 Å². The van der Waals surface area contributed by atoms with Gasteiger partial charge in [-0.3, -0.25) is 4.79 Å². The molecule has 1 amide bonds. The van der Waals surface area contributed by atoms with Gasteiger partial charge in [0.25, 0.3) is 0 Å². The molecule has 0 aromatic heterocycles. The standard InChI is InChI=1S/C13H16ClNO2/c1-9-3-4-12-11(7-9)8-15(5-6-17-12)13(16)10(2)14/h3-4,7,10H,5-6,8H2,1-2H3/t10-/m0/s1. The van der Waals surface area contributed by atoms with Gasteiger partial charge in [-0.1, -0.05) is 17.7 Å². The van der Waals surface area contributed by atoms with Crippen molar-refractivity contribution in [1.29, 1.82) is 0 Å². The van der Waals surface area contributed by atoms with Crippen LogP contribution in [0.4, 0.5) is 0 Å². The van der Waals surface area contributed by atoms with Crippen LogP contribution in [-0.2, 0) is 11.3 Å². The van der Waals surface area contributed by atoms with Crippen LogP contribution in [0.15, 0.2) is 18.2 Å². The van der Waals surface area contributed by atoms with Gasteiger partial charge in [-0.25, -0.2) is 0 Å². The van der Waals surface area contributed by atoms with E-state index in [4.69, 9.17) is 16.3 Å². The fraction of sp³-hybridized carbons (Fsp3) is 0.462. The lowest BCUT2D eigenvalue weighted by Crippen LogP contribution is -2.36. The highest BCUT2D eigenvalue weighted by Crippen LogP contribution is 2.24. The van der Waals surface area contributed by atoms with E-state index in [0.29, 0.717) is 19.7 Å². The fourth-order valence-electron chi connectivity index (χ4n) is 1.96. The summed E-state index contributed by atoms with van der Waals surface area (Å²) in [6, 6.07) is 6.03. The van der Waals surface area contributed by atoms with Gasteiger partial charge >= 0.3 is 0 Å². The van der Waals surface area contributed by atoms with E-state index in [1.165, 1.54) is 5.56 Å². The second kappa shape index (κ2) is 4.96. The summed E-state index contributed by atoms with van der Waals surface area (Å²) in [5, 5.41) is -0.485. The summed E-state index contributed by atoms with van der Waals surface area (Å²) in [7, 11) is 0. The largest absolute Gasteiger partial charge is 0.491 e. The molecule has 0 spiro atoms. The summed E-state index contributed by atoms with van der Waals surface area (Å²) in [5.74, 6) is 0.831. The maximum Gasteiger partial charge on any atom is 0.240 e. The third kappa shape index (κ3) is 2.72. The van der Waals surface area contributed by atoms with Gasteiger partial charge in [0, 0.05) is 12.1 Å². The number of benzene rings is 1. The van der Waals surface area contributed by atoms with Crippen LogP contribution >= 0.6 is 11.6 Å². The highest BCUT2D eigenvalue weighted by atomic mass is 35.5. The molecule has 92 valence electrons. The van der Waals surface area contributed by atoms with Crippen LogP contribution in [0.2, 0.25) is 0 Å². The number of nitrogens with zero attached hydrogens (tertiary/aromatic N) is 1. The van der Waals surface area contributed by atoms with Gasteiger partial charge in [0.05, 0.1) is 6.54 Å². The monoisotopic (exact) mass is 253 g/mol. The molecule has 0 saturated carbocycles. The minimum atomic E-state index is -0.485.